The van der Waals surface area contributed by atoms with Crippen molar-refractivity contribution in [3.63, 3.8) is 0 Å². The summed E-state index contributed by atoms with van der Waals surface area (Å²) < 4.78 is 42.8. The maximum absolute atomic E-state index is 11.1. The van der Waals surface area contributed by atoms with E-state index in [4.69, 9.17) is 38.3 Å². The van der Waals surface area contributed by atoms with Crippen molar-refractivity contribution in [2.75, 3.05) is 13.2 Å². The SMILES string of the molecule is O=C(O)C[C@@H]1OC[C@H]2O[C@H]3C=C[C@H]4O[C@H]5[C@H](O)[C@H]6OCC=CC[C@@H]6O[C@@H]5C[C@@H]4O[C@@H]3C/C=C\[C@@H]2O1. The summed E-state index contributed by atoms with van der Waals surface area (Å²) in [4.78, 5) is 11.0. The monoisotopic (exact) mass is 492 g/mol. The molecule has 3 saturated heterocycles. The average Bonchev–Trinajstić information content (AvgIpc) is 3.15. The second-order valence-electron chi connectivity index (χ2n) is 9.87. The molecular weight excluding hydrogens is 460 g/mol. The predicted molar refractivity (Wildman–Crippen MR) is 119 cm³/mol. The second-order valence-corrected chi connectivity index (χ2v) is 9.87. The highest BCUT2D eigenvalue weighted by molar-refractivity contribution is 5.67. The van der Waals surface area contributed by atoms with Gasteiger partial charge in [0.15, 0.2) is 6.29 Å². The summed E-state index contributed by atoms with van der Waals surface area (Å²) in [6.07, 6.45) is 8.58. The van der Waals surface area contributed by atoms with E-state index in [9.17, 15) is 9.90 Å². The number of fused-ring (bicyclic) bond motifs is 5. The van der Waals surface area contributed by atoms with E-state index in [0.29, 0.717) is 25.9 Å². The molecular formula is C25H32O10. The minimum absolute atomic E-state index is 0.208. The van der Waals surface area contributed by atoms with Gasteiger partial charge in [0.05, 0.1) is 44.1 Å². The van der Waals surface area contributed by atoms with E-state index < -0.39 is 36.7 Å². The zero-order chi connectivity index (χ0) is 23.9. The van der Waals surface area contributed by atoms with Crippen LogP contribution in [-0.4, -0.2) is 103 Å². The number of aliphatic carboxylic acids is 1. The fraction of sp³-hybridized carbons (Fsp3) is 0.720. The Morgan fingerprint density at radius 2 is 1.51 bits per heavy atom. The minimum Gasteiger partial charge on any atom is -0.481 e. The van der Waals surface area contributed by atoms with Crippen LogP contribution in [0.1, 0.15) is 25.7 Å². The van der Waals surface area contributed by atoms with Crippen molar-refractivity contribution < 1.29 is 48.2 Å². The number of carboxylic acid groups (broad SMARTS) is 1. The van der Waals surface area contributed by atoms with Gasteiger partial charge < -0.3 is 43.4 Å². The molecule has 0 aromatic carbocycles. The third-order valence-electron chi connectivity index (χ3n) is 7.52. The molecule has 0 amide bonds. The average molecular weight is 493 g/mol. The molecule has 0 bridgehead atoms. The van der Waals surface area contributed by atoms with Crippen LogP contribution in [0.3, 0.4) is 0 Å². The Hall–Kier alpha value is -1.63. The Morgan fingerprint density at radius 1 is 0.743 bits per heavy atom. The quantitative estimate of drug-likeness (QED) is 0.537. The molecule has 2 N–H and O–H groups in total. The summed E-state index contributed by atoms with van der Waals surface area (Å²) in [6.45, 7) is 0.684. The van der Waals surface area contributed by atoms with Gasteiger partial charge in [-0.3, -0.25) is 4.79 Å². The van der Waals surface area contributed by atoms with Gasteiger partial charge in [0.1, 0.15) is 42.7 Å². The van der Waals surface area contributed by atoms with Crippen LogP contribution in [0.25, 0.3) is 0 Å². The molecule has 10 nitrogen and oxygen atoms in total. The zero-order valence-electron chi connectivity index (χ0n) is 19.3. The molecule has 0 aliphatic carbocycles. The number of carboxylic acids is 1. The molecule has 0 unspecified atom stereocenters. The first-order valence-electron chi connectivity index (χ1n) is 12.5. The van der Waals surface area contributed by atoms with Crippen LogP contribution in [0.5, 0.6) is 0 Å². The van der Waals surface area contributed by atoms with Crippen LogP contribution < -0.4 is 0 Å². The Balaban J connectivity index is 1.15. The van der Waals surface area contributed by atoms with E-state index in [1.165, 1.54) is 0 Å². The molecule has 3 fully saturated rings. The third-order valence-corrected chi connectivity index (χ3v) is 7.52. The first-order chi connectivity index (χ1) is 17.0. The van der Waals surface area contributed by atoms with Crippen molar-refractivity contribution >= 4 is 5.97 Å². The van der Waals surface area contributed by atoms with Crippen molar-refractivity contribution in [3.05, 3.63) is 36.5 Å². The van der Waals surface area contributed by atoms with E-state index in [1.807, 2.05) is 36.5 Å². The minimum atomic E-state index is -0.973. The van der Waals surface area contributed by atoms with Crippen LogP contribution in [-0.2, 0) is 38.0 Å². The van der Waals surface area contributed by atoms with Gasteiger partial charge in [-0.25, -0.2) is 0 Å². The number of hydrogen-bond acceptors (Lipinski definition) is 9. The van der Waals surface area contributed by atoms with Crippen LogP contribution in [0.15, 0.2) is 36.5 Å². The van der Waals surface area contributed by atoms with Crippen LogP contribution in [0.4, 0.5) is 0 Å². The third kappa shape index (κ3) is 4.86. The normalized spacial score (nSPS) is 50.0. The Bertz CT molecular complexity index is 872. The van der Waals surface area contributed by atoms with Crippen LogP contribution in [0, 0.1) is 0 Å². The molecule has 192 valence electrons. The molecule has 6 aliphatic rings. The summed E-state index contributed by atoms with van der Waals surface area (Å²) in [5, 5.41) is 20.1. The van der Waals surface area contributed by atoms with Crippen molar-refractivity contribution in [1.29, 1.82) is 0 Å². The lowest BCUT2D eigenvalue weighted by atomic mass is 9.87. The highest BCUT2D eigenvalue weighted by atomic mass is 16.7. The summed E-state index contributed by atoms with van der Waals surface area (Å²) in [6, 6.07) is 0. The molecule has 0 aromatic rings. The van der Waals surface area contributed by atoms with E-state index in [2.05, 4.69) is 0 Å². The molecule has 0 aromatic heterocycles. The number of rotatable bonds is 2. The lowest BCUT2D eigenvalue weighted by molar-refractivity contribution is -0.289. The highest BCUT2D eigenvalue weighted by Gasteiger charge is 2.52. The van der Waals surface area contributed by atoms with Crippen LogP contribution >= 0.6 is 0 Å². The topological polar surface area (TPSA) is 122 Å². The van der Waals surface area contributed by atoms with Crippen LogP contribution in [0.2, 0.25) is 0 Å². The first-order valence-corrected chi connectivity index (χ1v) is 12.5. The molecule has 0 spiro atoms. The fourth-order valence-electron chi connectivity index (χ4n) is 5.81. The summed E-state index contributed by atoms with van der Waals surface area (Å²) in [7, 11) is 0. The maximum Gasteiger partial charge on any atom is 0.308 e. The van der Waals surface area contributed by atoms with Crippen molar-refractivity contribution in [2.24, 2.45) is 0 Å². The van der Waals surface area contributed by atoms with Gasteiger partial charge in [0.2, 0.25) is 0 Å². The Kier molecular flexibility index (Phi) is 6.80. The first kappa shape index (κ1) is 23.7. The summed E-state index contributed by atoms with van der Waals surface area (Å²) in [5.41, 5.74) is 0. The summed E-state index contributed by atoms with van der Waals surface area (Å²) >= 11 is 0. The van der Waals surface area contributed by atoms with Crippen molar-refractivity contribution in [2.45, 2.75) is 99.1 Å². The molecule has 35 heavy (non-hydrogen) atoms. The largest absolute Gasteiger partial charge is 0.481 e. The van der Waals surface area contributed by atoms with Gasteiger partial charge >= 0.3 is 5.97 Å². The second kappa shape index (κ2) is 10.0. The highest BCUT2D eigenvalue weighted by Crippen LogP contribution is 2.38. The molecule has 0 radical (unpaired) electrons. The molecule has 6 rings (SSSR count). The number of aliphatic hydroxyl groups is 1. The molecule has 0 saturated carbocycles. The van der Waals surface area contributed by atoms with E-state index >= 15 is 0 Å². The fourth-order valence-corrected chi connectivity index (χ4v) is 5.81. The predicted octanol–water partition coefficient (Wildman–Crippen LogP) is 0.871. The Labute approximate surface area is 203 Å². The molecule has 6 heterocycles. The van der Waals surface area contributed by atoms with Gasteiger partial charge in [0, 0.05) is 6.42 Å². The van der Waals surface area contributed by atoms with E-state index in [-0.39, 0.29) is 55.8 Å². The van der Waals surface area contributed by atoms with Gasteiger partial charge in [-0.15, -0.1) is 0 Å². The number of ether oxygens (including phenoxy) is 7. The molecule has 10 heteroatoms. The van der Waals surface area contributed by atoms with Crippen molar-refractivity contribution in [1.82, 2.24) is 0 Å². The molecule has 6 aliphatic heterocycles. The Morgan fingerprint density at radius 3 is 2.37 bits per heavy atom. The van der Waals surface area contributed by atoms with Gasteiger partial charge in [-0.05, 0) is 12.8 Å². The lowest BCUT2D eigenvalue weighted by Crippen LogP contribution is -2.63. The standard InChI is InChI=1S/C25H32O10/c26-21(27)11-22-30-12-20-14(34-22)6-3-5-13-15(32-20)7-8-16-18(31-13)10-19-25(35-16)23(28)24-17(33-19)4-1-2-9-29-24/h1-3,6-8,13-20,22-25,28H,4-5,9-12H2,(H,26,27)/b6-3-/t13-,14+,15+,16-,17+,18+,19-,20-,22-,23-,24+,25-/m1/s1. The molecule has 12 atom stereocenters. The zero-order valence-corrected chi connectivity index (χ0v) is 19.3. The lowest BCUT2D eigenvalue weighted by Gasteiger charge is -2.49. The van der Waals surface area contributed by atoms with E-state index in [0.717, 1.165) is 0 Å². The number of carbonyl (C=O) groups is 1. The maximum atomic E-state index is 11.1. The van der Waals surface area contributed by atoms with Gasteiger partial charge in [-0.2, -0.15) is 0 Å². The number of aliphatic hydroxyl groups excluding tert-OH is 1. The van der Waals surface area contributed by atoms with E-state index in [1.54, 1.807) is 0 Å². The smallest absolute Gasteiger partial charge is 0.308 e. The van der Waals surface area contributed by atoms with Crippen molar-refractivity contribution in [3.8, 4) is 0 Å². The number of hydrogen-bond donors (Lipinski definition) is 2. The van der Waals surface area contributed by atoms with Gasteiger partial charge in [0.25, 0.3) is 0 Å². The summed E-state index contributed by atoms with van der Waals surface area (Å²) in [5.74, 6) is -0.973. The van der Waals surface area contributed by atoms with Gasteiger partial charge in [-0.1, -0.05) is 36.5 Å².